The lowest BCUT2D eigenvalue weighted by atomic mass is 10.0. The van der Waals surface area contributed by atoms with Crippen molar-refractivity contribution in [3.63, 3.8) is 0 Å². The molecule has 126 valence electrons. The van der Waals surface area contributed by atoms with Crippen LogP contribution in [-0.2, 0) is 4.79 Å². The lowest BCUT2D eigenvalue weighted by Gasteiger charge is -2.26. The standard InChI is InChI=1S/C15H17N5O2S2/c1-9(10-7-20-14(18-10)24-8-16-20)17-13(22)15(2,3)19-12(21)11-5-4-6-23-11/h4-9H,1-3H3,(H,17,22)(H,19,21). The molecular weight excluding hydrogens is 346 g/mol. The fraction of sp³-hybridized carbons (Fsp3) is 0.333. The molecule has 0 aliphatic rings. The van der Waals surface area contributed by atoms with Crippen molar-refractivity contribution in [1.82, 2.24) is 25.2 Å². The number of hydrogen-bond acceptors (Lipinski definition) is 6. The fourth-order valence-corrected chi connectivity index (χ4v) is 3.35. The second-order valence-corrected chi connectivity index (χ2v) is 7.64. The quantitative estimate of drug-likeness (QED) is 0.728. The monoisotopic (exact) mass is 363 g/mol. The van der Waals surface area contributed by atoms with E-state index in [2.05, 4.69) is 20.7 Å². The van der Waals surface area contributed by atoms with E-state index in [1.807, 2.05) is 12.3 Å². The third-order valence-electron chi connectivity index (χ3n) is 3.53. The van der Waals surface area contributed by atoms with Gasteiger partial charge in [-0.05, 0) is 32.2 Å². The van der Waals surface area contributed by atoms with Gasteiger partial charge in [-0.25, -0.2) is 9.50 Å². The second kappa shape index (κ2) is 6.33. The van der Waals surface area contributed by atoms with Crippen LogP contribution in [0.1, 0.15) is 42.2 Å². The number of carbonyl (C=O) groups excluding carboxylic acids is 2. The van der Waals surface area contributed by atoms with Gasteiger partial charge in [0.1, 0.15) is 11.0 Å². The molecule has 2 N–H and O–H groups in total. The predicted molar refractivity (Wildman–Crippen MR) is 93.3 cm³/mol. The molecule has 0 bridgehead atoms. The lowest BCUT2D eigenvalue weighted by molar-refractivity contribution is -0.126. The molecule has 0 aromatic carbocycles. The van der Waals surface area contributed by atoms with E-state index in [4.69, 9.17) is 0 Å². The van der Waals surface area contributed by atoms with Gasteiger partial charge in [0.15, 0.2) is 0 Å². The number of carbonyl (C=O) groups is 2. The number of aromatic nitrogens is 3. The maximum atomic E-state index is 12.5. The summed E-state index contributed by atoms with van der Waals surface area (Å²) in [5.74, 6) is -0.534. The van der Waals surface area contributed by atoms with Crippen molar-refractivity contribution in [1.29, 1.82) is 0 Å². The van der Waals surface area contributed by atoms with Gasteiger partial charge in [0.2, 0.25) is 10.9 Å². The van der Waals surface area contributed by atoms with Crippen LogP contribution in [0.25, 0.3) is 4.96 Å². The highest BCUT2D eigenvalue weighted by Crippen LogP contribution is 2.17. The Balaban J connectivity index is 1.66. The highest BCUT2D eigenvalue weighted by molar-refractivity contribution is 7.14. The highest BCUT2D eigenvalue weighted by Gasteiger charge is 2.31. The Labute approximate surface area is 146 Å². The summed E-state index contributed by atoms with van der Waals surface area (Å²) >= 11 is 2.76. The first-order chi connectivity index (χ1) is 11.4. The molecule has 0 spiro atoms. The molecular formula is C15H17N5O2S2. The minimum atomic E-state index is -1.04. The number of hydrogen-bond donors (Lipinski definition) is 2. The zero-order valence-corrected chi connectivity index (χ0v) is 15.1. The molecule has 0 saturated heterocycles. The topological polar surface area (TPSA) is 88.4 Å². The highest BCUT2D eigenvalue weighted by atomic mass is 32.1. The number of amides is 2. The maximum Gasteiger partial charge on any atom is 0.262 e. The van der Waals surface area contributed by atoms with E-state index in [1.54, 1.807) is 42.2 Å². The lowest BCUT2D eigenvalue weighted by Crippen LogP contribution is -2.55. The molecule has 3 rings (SSSR count). The molecule has 7 nitrogen and oxygen atoms in total. The Morgan fingerprint density at radius 3 is 2.79 bits per heavy atom. The minimum absolute atomic E-state index is 0.260. The summed E-state index contributed by atoms with van der Waals surface area (Å²) in [5.41, 5.74) is 1.39. The van der Waals surface area contributed by atoms with Crippen molar-refractivity contribution in [2.75, 3.05) is 0 Å². The summed E-state index contributed by atoms with van der Waals surface area (Å²) in [5, 5.41) is 11.6. The molecule has 0 aliphatic heterocycles. The SMILES string of the molecule is CC(NC(=O)C(C)(C)NC(=O)c1cccs1)c1cn2ncsc2n1. The van der Waals surface area contributed by atoms with Crippen LogP contribution in [0.15, 0.2) is 29.2 Å². The molecule has 1 unspecified atom stereocenters. The average Bonchev–Trinajstić information content (AvgIpc) is 3.23. The molecule has 24 heavy (non-hydrogen) atoms. The normalized spacial score (nSPS) is 13.0. The van der Waals surface area contributed by atoms with Crippen molar-refractivity contribution in [3.05, 3.63) is 39.8 Å². The number of nitrogens with one attached hydrogen (secondary N) is 2. The molecule has 3 heterocycles. The van der Waals surface area contributed by atoms with E-state index >= 15 is 0 Å². The molecule has 3 aromatic heterocycles. The fourth-order valence-electron chi connectivity index (χ4n) is 2.13. The first kappa shape index (κ1) is 16.6. The Bertz CT molecular complexity index is 837. The van der Waals surface area contributed by atoms with Crippen LogP contribution in [0, 0.1) is 0 Å². The number of fused-ring (bicyclic) bond motifs is 1. The van der Waals surface area contributed by atoms with E-state index in [9.17, 15) is 9.59 Å². The molecule has 3 aromatic rings. The predicted octanol–water partition coefficient (Wildman–Crippen LogP) is 2.24. The van der Waals surface area contributed by atoms with Crippen LogP contribution in [0.4, 0.5) is 0 Å². The number of imidazole rings is 1. The van der Waals surface area contributed by atoms with Crippen molar-refractivity contribution in [3.8, 4) is 0 Å². The zero-order valence-electron chi connectivity index (χ0n) is 13.4. The largest absolute Gasteiger partial charge is 0.346 e. The third-order valence-corrected chi connectivity index (χ3v) is 5.09. The Kier molecular flexibility index (Phi) is 4.37. The summed E-state index contributed by atoms with van der Waals surface area (Å²) in [6, 6.07) is 3.23. The van der Waals surface area contributed by atoms with Crippen LogP contribution in [0.2, 0.25) is 0 Å². The number of rotatable bonds is 5. The first-order valence-corrected chi connectivity index (χ1v) is 9.08. The van der Waals surface area contributed by atoms with Gasteiger partial charge in [-0.15, -0.1) is 11.3 Å². The van der Waals surface area contributed by atoms with E-state index < -0.39 is 5.54 Å². The molecule has 0 saturated carbocycles. The summed E-state index contributed by atoms with van der Waals surface area (Å²) in [7, 11) is 0. The van der Waals surface area contributed by atoms with Gasteiger partial charge in [0, 0.05) is 0 Å². The van der Waals surface area contributed by atoms with Gasteiger partial charge in [-0.2, -0.15) is 5.10 Å². The van der Waals surface area contributed by atoms with Crippen LogP contribution in [-0.4, -0.2) is 32.0 Å². The molecule has 0 fully saturated rings. The van der Waals surface area contributed by atoms with E-state index in [0.29, 0.717) is 4.88 Å². The summed E-state index contributed by atoms with van der Waals surface area (Å²) < 4.78 is 1.67. The van der Waals surface area contributed by atoms with Gasteiger partial charge >= 0.3 is 0 Å². The summed E-state index contributed by atoms with van der Waals surface area (Å²) in [6.07, 6.45) is 1.79. The van der Waals surface area contributed by atoms with E-state index in [0.717, 1.165) is 10.7 Å². The van der Waals surface area contributed by atoms with Gasteiger partial charge in [0.05, 0.1) is 22.8 Å². The van der Waals surface area contributed by atoms with Crippen molar-refractivity contribution >= 4 is 39.4 Å². The van der Waals surface area contributed by atoms with E-state index in [1.165, 1.54) is 22.7 Å². The van der Waals surface area contributed by atoms with Crippen LogP contribution in [0.3, 0.4) is 0 Å². The molecule has 0 radical (unpaired) electrons. The van der Waals surface area contributed by atoms with Gasteiger partial charge in [-0.3, -0.25) is 9.59 Å². The second-order valence-electron chi connectivity index (χ2n) is 5.88. The van der Waals surface area contributed by atoms with Gasteiger partial charge in [-0.1, -0.05) is 17.4 Å². The summed E-state index contributed by atoms with van der Waals surface area (Å²) in [6.45, 7) is 5.20. The summed E-state index contributed by atoms with van der Waals surface area (Å²) in [4.78, 5) is 30.5. The number of nitrogens with zero attached hydrogens (tertiary/aromatic N) is 3. The smallest absolute Gasteiger partial charge is 0.262 e. The molecule has 1 atom stereocenters. The number of thiophene rings is 1. The molecule has 2 amide bonds. The van der Waals surface area contributed by atoms with Gasteiger partial charge in [0.25, 0.3) is 5.91 Å². The zero-order chi connectivity index (χ0) is 17.3. The third kappa shape index (κ3) is 3.31. The maximum absolute atomic E-state index is 12.5. The van der Waals surface area contributed by atoms with Crippen molar-refractivity contribution in [2.45, 2.75) is 32.4 Å². The minimum Gasteiger partial charge on any atom is -0.346 e. The van der Waals surface area contributed by atoms with E-state index in [-0.39, 0.29) is 17.9 Å². The Hall–Kier alpha value is -2.26. The van der Waals surface area contributed by atoms with Crippen LogP contribution >= 0.6 is 22.7 Å². The Morgan fingerprint density at radius 1 is 1.33 bits per heavy atom. The van der Waals surface area contributed by atoms with Crippen LogP contribution < -0.4 is 10.6 Å². The first-order valence-electron chi connectivity index (χ1n) is 7.32. The van der Waals surface area contributed by atoms with Crippen LogP contribution in [0.5, 0.6) is 0 Å². The molecule has 9 heteroatoms. The van der Waals surface area contributed by atoms with Crippen molar-refractivity contribution in [2.24, 2.45) is 0 Å². The van der Waals surface area contributed by atoms with Crippen molar-refractivity contribution < 1.29 is 9.59 Å². The Morgan fingerprint density at radius 2 is 2.12 bits per heavy atom. The molecule has 0 aliphatic carbocycles. The van der Waals surface area contributed by atoms with Gasteiger partial charge < -0.3 is 10.6 Å². The average molecular weight is 363 g/mol.